The van der Waals surface area contributed by atoms with Gasteiger partial charge < -0.3 is 5.11 Å². The smallest absolute Gasteiger partial charge is 0.148 e. The van der Waals surface area contributed by atoms with Crippen LogP contribution in [0.4, 0.5) is 0 Å². The standard InChI is InChI=1S/C22H27NO/c1-21(2,3)23(18-19-12-7-5-8-13-19)17-11-16-22(4,24)20-14-9-6-10-15-20/h5-10,12-15,24H,17-18H2,1-4H3/t22-/m0/s1. The summed E-state index contributed by atoms with van der Waals surface area (Å²) in [6.45, 7) is 9.76. The highest BCUT2D eigenvalue weighted by Gasteiger charge is 2.22. The fraction of sp³-hybridized carbons (Fsp3) is 0.364. The van der Waals surface area contributed by atoms with E-state index in [1.165, 1.54) is 5.56 Å². The normalized spacial score (nSPS) is 13.9. The molecule has 2 nitrogen and oxygen atoms in total. The zero-order valence-corrected chi connectivity index (χ0v) is 15.1. The molecule has 0 radical (unpaired) electrons. The molecular weight excluding hydrogens is 294 g/mol. The van der Waals surface area contributed by atoms with Crippen LogP contribution >= 0.6 is 0 Å². The Morgan fingerprint density at radius 3 is 1.96 bits per heavy atom. The van der Waals surface area contributed by atoms with Gasteiger partial charge in [-0.25, -0.2) is 0 Å². The maximum absolute atomic E-state index is 10.6. The summed E-state index contributed by atoms with van der Waals surface area (Å²) in [5.74, 6) is 6.20. The summed E-state index contributed by atoms with van der Waals surface area (Å²) >= 11 is 0. The van der Waals surface area contributed by atoms with Crippen LogP contribution in [-0.2, 0) is 12.1 Å². The molecule has 0 heterocycles. The molecule has 1 atom stereocenters. The Kier molecular flexibility index (Phi) is 5.83. The van der Waals surface area contributed by atoms with E-state index in [4.69, 9.17) is 0 Å². The van der Waals surface area contributed by atoms with E-state index in [9.17, 15) is 5.11 Å². The monoisotopic (exact) mass is 321 g/mol. The predicted molar refractivity (Wildman–Crippen MR) is 100 cm³/mol. The molecule has 2 aromatic carbocycles. The highest BCUT2D eigenvalue weighted by Crippen LogP contribution is 2.20. The van der Waals surface area contributed by atoms with Gasteiger partial charge in [0.25, 0.3) is 0 Å². The Hall–Kier alpha value is -2.08. The molecule has 0 spiro atoms. The third-order valence-corrected chi connectivity index (χ3v) is 4.10. The first-order valence-corrected chi connectivity index (χ1v) is 8.36. The Labute approximate surface area is 146 Å². The van der Waals surface area contributed by atoms with Gasteiger partial charge in [0.15, 0.2) is 0 Å². The third kappa shape index (κ3) is 5.23. The van der Waals surface area contributed by atoms with E-state index >= 15 is 0 Å². The van der Waals surface area contributed by atoms with E-state index in [0.29, 0.717) is 6.54 Å². The molecule has 0 amide bonds. The molecular formula is C22H27NO. The number of hydrogen-bond acceptors (Lipinski definition) is 2. The Morgan fingerprint density at radius 1 is 0.875 bits per heavy atom. The van der Waals surface area contributed by atoms with Gasteiger partial charge in [0.1, 0.15) is 5.60 Å². The molecule has 2 heteroatoms. The van der Waals surface area contributed by atoms with Gasteiger partial charge in [-0.15, -0.1) is 0 Å². The van der Waals surface area contributed by atoms with Gasteiger partial charge in [0.05, 0.1) is 6.54 Å². The van der Waals surface area contributed by atoms with Crippen LogP contribution in [-0.4, -0.2) is 22.1 Å². The molecule has 0 fully saturated rings. The lowest BCUT2D eigenvalue weighted by atomic mass is 9.97. The fourth-order valence-corrected chi connectivity index (χ4v) is 2.48. The van der Waals surface area contributed by atoms with E-state index < -0.39 is 5.60 Å². The second-order valence-corrected chi connectivity index (χ2v) is 7.25. The quantitative estimate of drug-likeness (QED) is 0.853. The van der Waals surface area contributed by atoms with Crippen LogP contribution in [0.3, 0.4) is 0 Å². The van der Waals surface area contributed by atoms with Gasteiger partial charge >= 0.3 is 0 Å². The van der Waals surface area contributed by atoms with Crippen LogP contribution in [0.25, 0.3) is 0 Å². The van der Waals surface area contributed by atoms with E-state index in [1.54, 1.807) is 6.92 Å². The van der Waals surface area contributed by atoms with Crippen LogP contribution < -0.4 is 0 Å². The lowest BCUT2D eigenvalue weighted by Gasteiger charge is -2.34. The van der Waals surface area contributed by atoms with Crippen molar-refractivity contribution < 1.29 is 5.11 Å². The van der Waals surface area contributed by atoms with E-state index in [0.717, 1.165) is 12.1 Å². The first kappa shape index (κ1) is 18.3. The van der Waals surface area contributed by atoms with Gasteiger partial charge in [-0.05, 0) is 38.8 Å². The molecule has 0 aromatic heterocycles. The zero-order chi connectivity index (χ0) is 17.6. The molecule has 24 heavy (non-hydrogen) atoms. The molecule has 0 aliphatic rings. The third-order valence-electron chi connectivity index (χ3n) is 4.10. The van der Waals surface area contributed by atoms with Crippen LogP contribution in [0, 0.1) is 11.8 Å². The fourth-order valence-electron chi connectivity index (χ4n) is 2.48. The minimum Gasteiger partial charge on any atom is -0.374 e. The van der Waals surface area contributed by atoms with Crippen molar-refractivity contribution in [3.05, 3.63) is 71.8 Å². The average molecular weight is 321 g/mol. The number of rotatable bonds is 4. The second kappa shape index (κ2) is 7.66. The summed E-state index contributed by atoms with van der Waals surface area (Å²) in [4.78, 5) is 2.32. The predicted octanol–water partition coefficient (Wildman–Crippen LogP) is 4.20. The van der Waals surface area contributed by atoms with Crippen LogP contribution in [0.5, 0.6) is 0 Å². The van der Waals surface area contributed by atoms with E-state index in [2.05, 4.69) is 61.8 Å². The second-order valence-electron chi connectivity index (χ2n) is 7.25. The van der Waals surface area contributed by atoms with Crippen molar-refractivity contribution in [3.63, 3.8) is 0 Å². The van der Waals surface area contributed by atoms with Crippen LogP contribution in [0.2, 0.25) is 0 Å². The minimum atomic E-state index is -1.13. The molecule has 0 aliphatic carbocycles. The number of benzene rings is 2. The molecule has 126 valence electrons. The summed E-state index contributed by atoms with van der Waals surface area (Å²) in [5.41, 5.74) is 0.965. The molecule has 1 N–H and O–H groups in total. The summed E-state index contributed by atoms with van der Waals surface area (Å²) in [6.07, 6.45) is 0. The van der Waals surface area contributed by atoms with Crippen molar-refractivity contribution >= 4 is 0 Å². The SMILES string of the molecule is CC(C)(C)N(CC#C[C@](C)(O)c1ccccc1)Cc1ccccc1. The molecule has 2 aromatic rings. The largest absolute Gasteiger partial charge is 0.374 e. The van der Waals surface area contributed by atoms with Gasteiger partial charge in [-0.3, -0.25) is 4.90 Å². The van der Waals surface area contributed by atoms with Gasteiger partial charge in [-0.1, -0.05) is 72.5 Å². The van der Waals surface area contributed by atoms with Crippen molar-refractivity contribution in [2.45, 2.75) is 45.4 Å². The first-order chi connectivity index (χ1) is 11.3. The summed E-state index contributed by atoms with van der Waals surface area (Å²) in [7, 11) is 0. The van der Waals surface area contributed by atoms with Crippen LogP contribution in [0.1, 0.15) is 38.8 Å². The minimum absolute atomic E-state index is 0.00310. The van der Waals surface area contributed by atoms with Gasteiger partial charge in [0, 0.05) is 12.1 Å². The Bertz CT molecular complexity index is 687. The molecule has 0 unspecified atom stereocenters. The molecule has 0 aliphatic heterocycles. The number of nitrogens with zero attached hydrogens (tertiary/aromatic N) is 1. The summed E-state index contributed by atoms with van der Waals surface area (Å²) in [6, 6.07) is 20.0. The maximum atomic E-state index is 10.6. The van der Waals surface area contributed by atoms with E-state index in [-0.39, 0.29) is 5.54 Å². The van der Waals surface area contributed by atoms with Gasteiger partial charge in [-0.2, -0.15) is 0 Å². The van der Waals surface area contributed by atoms with Crippen molar-refractivity contribution in [1.29, 1.82) is 0 Å². The Morgan fingerprint density at radius 2 is 1.42 bits per heavy atom. The molecule has 0 saturated heterocycles. The zero-order valence-electron chi connectivity index (χ0n) is 15.1. The number of aliphatic hydroxyl groups is 1. The number of hydrogen-bond donors (Lipinski definition) is 1. The summed E-state index contributed by atoms with van der Waals surface area (Å²) < 4.78 is 0. The topological polar surface area (TPSA) is 23.5 Å². The first-order valence-electron chi connectivity index (χ1n) is 8.36. The molecule has 0 bridgehead atoms. The highest BCUT2D eigenvalue weighted by atomic mass is 16.3. The van der Waals surface area contributed by atoms with Crippen LogP contribution in [0.15, 0.2) is 60.7 Å². The van der Waals surface area contributed by atoms with Crippen molar-refractivity contribution in [3.8, 4) is 11.8 Å². The molecule has 2 rings (SSSR count). The highest BCUT2D eigenvalue weighted by molar-refractivity contribution is 5.30. The maximum Gasteiger partial charge on any atom is 0.148 e. The van der Waals surface area contributed by atoms with Crippen molar-refractivity contribution in [2.24, 2.45) is 0 Å². The summed E-state index contributed by atoms with van der Waals surface area (Å²) in [5, 5.41) is 10.6. The van der Waals surface area contributed by atoms with Gasteiger partial charge in [0.2, 0.25) is 0 Å². The lowest BCUT2D eigenvalue weighted by molar-refractivity contribution is 0.120. The van der Waals surface area contributed by atoms with Crippen molar-refractivity contribution in [2.75, 3.05) is 6.54 Å². The van der Waals surface area contributed by atoms with E-state index in [1.807, 2.05) is 36.4 Å². The molecule has 0 saturated carbocycles. The van der Waals surface area contributed by atoms with Crippen molar-refractivity contribution in [1.82, 2.24) is 4.90 Å². The average Bonchev–Trinajstić information content (AvgIpc) is 2.55. The Balaban J connectivity index is 2.11. The lowest BCUT2D eigenvalue weighted by Crippen LogP contribution is -2.41.